The van der Waals surface area contributed by atoms with Gasteiger partial charge in [-0.3, -0.25) is 4.79 Å². The van der Waals surface area contributed by atoms with Crippen molar-refractivity contribution in [2.45, 2.75) is 32.2 Å². The first-order valence-electron chi connectivity index (χ1n) is 9.88. The molecule has 4 rings (SSSR count). The molecule has 0 aromatic heterocycles. The SMILES string of the molecule is CCC(=O)N1N=C2c3ccc(OC)cc3CC[C@@H]2[C@H]1c1ccc(N(C)C)cc1. The van der Waals surface area contributed by atoms with Crippen LogP contribution in [0, 0.1) is 5.92 Å². The fourth-order valence-corrected chi connectivity index (χ4v) is 4.30. The summed E-state index contributed by atoms with van der Waals surface area (Å²) in [4.78, 5) is 14.8. The Balaban J connectivity index is 1.74. The Bertz CT molecular complexity index is 918. The van der Waals surface area contributed by atoms with Crippen molar-refractivity contribution in [3.63, 3.8) is 0 Å². The van der Waals surface area contributed by atoms with Crippen LogP contribution in [0.2, 0.25) is 0 Å². The zero-order chi connectivity index (χ0) is 19.8. The molecule has 0 spiro atoms. The van der Waals surface area contributed by atoms with Gasteiger partial charge in [0.25, 0.3) is 0 Å². The quantitative estimate of drug-likeness (QED) is 0.808. The zero-order valence-corrected chi connectivity index (χ0v) is 17.0. The number of ether oxygens (including phenoxy) is 1. The van der Waals surface area contributed by atoms with Crippen LogP contribution in [-0.2, 0) is 11.2 Å². The molecule has 0 saturated heterocycles. The molecule has 2 aromatic carbocycles. The number of anilines is 1. The van der Waals surface area contributed by atoms with Crippen molar-refractivity contribution in [2.75, 3.05) is 26.1 Å². The second-order valence-corrected chi connectivity index (χ2v) is 7.68. The van der Waals surface area contributed by atoms with Crippen LogP contribution in [-0.4, -0.2) is 37.8 Å². The van der Waals surface area contributed by atoms with E-state index in [1.165, 1.54) is 5.56 Å². The van der Waals surface area contributed by atoms with Crippen molar-refractivity contribution in [3.8, 4) is 5.75 Å². The van der Waals surface area contributed by atoms with Crippen molar-refractivity contribution in [3.05, 3.63) is 59.2 Å². The number of methoxy groups -OCH3 is 1. The Morgan fingerprint density at radius 3 is 2.61 bits per heavy atom. The van der Waals surface area contributed by atoms with Crippen LogP contribution in [0.5, 0.6) is 5.75 Å². The average molecular weight is 377 g/mol. The third kappa shape index (κ3) is 3.05. The van der Waals surface area contributed by atoms with Gasteiger partial charge < -0.3 is 9.64 Å². The molecular weight excluding hydrogens is 350 g/mol. The molecule has 0 fully saturated rings. The molecule has 0 N–H and O–H groups in total. The van der Waals surface area contributed by atoms with E-state index in [4.69, 9.17) is 9.84 Å². The van der Waals surface area contributed by atoms with E-state index in [1.807, 2.05) is 27.1 Å². The maximum absolute atomic E-state index is 12.7. The number of hydrogen-bond donors (Lipinski definition) is 0. The summed E-state index contributed by atoms with van der Waals surface area (Å²) in [6.07, 6.45) is 2.40. The number of rotatable bonds is 4. The number of hydrogen-bond acceptors (Lipinski definition) is 4. The topological polar surface area (TPSA) is 45.1 Å². The number of amides is 1. The third-order valence-electron chi connectivity index (χ3n) is 5.83. The molecule has 2 atom stereocenters. The minimum atomic E-state index is -0.0334. The van der Waals surface area contributed by atoms with Crippen LogP contribution in [0.3, 0.4) is 0 Å². The van der Waals surface area contributed by atoms with E-state index in [9.17, 15) is 4.79 Å². The highest BCUT2D eigenvalue weighted by Gasteiger charge is 2.43. The highest BCUT2D eigenvalue weighted by molar-refractivity contribution is 6.07. The number of nitrogens with zero attached hydrogens (tertiary/aromatic N) is 3. The predicted octanol–water partition coefficient (Wildman–Crippen LogP) is 4.02. The van der Waals surface area contributed by atoms with Gasteiger partial charge in [0.15, 0.2) is 0 Å². The fourth-order valence-electron chi connectivity index (χ4n) is 4.30. The molecule has 1 heterocycles. The van der Waals surface area contributed by atoms with E-state index >= 15 is 0 Å². The summed E-state index contributed by atoms with van der Waals surface area (Å²) in [6.45, 7) is 1.90. The normalized spacial score (nSPS) is 20.3. The molecule has 2 aliphatic rings. The van der Waals surface area contributed by atoms with Gasteiger partial charge in [-0.25, -0.2) is 5.01 Å². The number of carbonyl (C=O) groups excluding carboxylic acids is 1. The first-order chi connectivity index (χ1) is 13.5. The van der Waals surface area contributed by atoms with Gasteiger partial charge in [-0.1, -0.05) is 19.1 Å². The van der Waals surface area contributed by atoms with Gasteiger partial charge in [0, 0.05) is 37.7 Å². The lowest BCUT2D eigenvalue weighted by atomic mass is 9.77. The van der Waals surface area contributed by atoms with Crippen molar-refractivity contribution < 1.29 is 9.53 Å². The van der Waals surface area contributed by atoms with Gasteiger partial charge in [0.2, 0.25) is 5.91 Å². The summed E-state index contributed by atoms with van der Waals surface area (Å²) in [7, 11) is 5.76. The molecule has 0 saturated carbocycles. The maximum atomic E-state index is 12.7. The van der Waals surface area contributed by atoms with E-state index < -0.39 is 0 Å². The number of benzene rings is 2. The molecule has 0 unspecified atom stereocenters. The standard InChI is InChI=1S/C23H27N3O2/c1-5-21(27)26-23(15-6-9-17(10-7-15)25(2)3)20-12-8-16-14-18(28-4)11-13-19(16)22(20)24-26/h6-7,9-11,13-14,20,23H,5,8,12H2,1-4H3/t20-,23+/m0/s1. The highest BCUT2D eigenvalue weighted by atomic mass is 16.5. The summed E-state index contributed by atoms with van der Waals surface area (Å²) in [5, 5.41) is 6.57. The summed E-state index contributed by atoms with van der Waals surface area (Å²) in [5.74, 6) is 1.16. The van der Waals surface area contributed by atoms with Crippen molar-refractivity contribution in [1.82, 2.24) is 5.01 Å². The molecular formula is C23H27N3O2. The van der Waals surface area contributed by atoms with Gasteiger partial charge in [-0.2, -0.15) is 5.10 Å². The van der Waals surface area contributed by atoms with Gasteiger partial charge >= 0.3 is 0 Å². The summed E-state index contributed by atoms with van der Waals surface area (Å²) < 4.78 is 5.38. The first-order valence-corrected chi connectivity index (χ1v) is 9.88. The molecule has 5 heteroatoms. The molecule has 2 aromatic rings. The molecule has 28 heavy (non-hydrogen) atoms. The van der Waals surface area contributed by atoms with E-state index in [1.54, 1.807) is 12.1 Å². The minimum absolute atomic E-state index is 0.0334. The number of aryl methyl sites for hydroxylation is 1. The molecule has 5 nitrogen and oxygen atoms in total. The Morgan fingerprint density at radius 2 is 1.96 bits per heavy atom. The lowest BCUT2D eigenvalue weighted by Gasteiger charge is -2.30. The molecule has 1 aliphatic heterocycles. The zero-order valence-electron chi connectivity index (χ0n) is 17.0. The fraction of sp³-hybridized carbons (Fsp3) is 0.391. The van der Waals surface area contributed by atoms with E-state index in [2.05, 4.69) is 41.3 Å². The van der Waals surface area contributed by atoms with E-state index in [-0.39, 0.29) is 17.9 Å². The number of hydrazone groups is 1. The van der Waals surface area contributed by atoms with Crippen LogP contribution >= 0.6 is 0 Å². The molecule has 1 aliphatic carbocycles. The highest BCUT2D eigenvalue weighted by Crippen LogP contribution is 2.44. The van der Waals surface area contributed by atoms with Crippen LogP contribution < -0.4 is 9.64 Å². The number of fused-ring (bicyclic) bond motifs is 3. The van der Waals surface area contributed by atoms with Crippen LogP contribution in [0.15, 0.2) is 47.6 Å². The Kier molecular flexibility index (Phi) is 4.84. The van der Waals surface area contributed by atoms with Gasteiger partial charge in [0.05, 0.1) is 18.9 Å². The molecule has 1 amide bonds. The lowest BCUT2D eigenvalue weighted by Crippen LogP contribution is -2.31. The van der Waals surface area contributed by atoms with Gasteiger partial charge in [-0.05, 0) is 54.3 Å². The molecule has 146 valence electrons. The molecule has 0 radical (unpaired) electrons. The number of carbonyl (C=O) groups is 1. The Morgan fingerprint density at radius 1 is 1.21 bits per heavy atom. The monoisotopic (exact) mass is 377 g/mol. The summed E-state index contributed by atoms with van der Waals surface area (Å²) >= 11 is 0. The lowest BCUT2D eigenvalue weighted by molar-refractivity contribution is -0.133. The smallest absolute Gasteiger partial charge is 0.242 e. The van der Waals surface area contributed by atoms with Crippen molar-refractivity contribution >= 4 is 17.3 Å². The van der Waals surface area contributed by atoms with Crippen molar-refractivity contribution in [2.24, 2.45) is 11.0 Å². The summed E-state index contributed by atoms with van der Waals surface area (Å²) in [6, 6.07) is 14.6. The van der Waals surface area contributed by atoms with Crippen LogP contribution in [0.25, 0.3) is 0 Å². The minimum Gasteiger partial charge on any atom is -0.497 e. The summed E-state index contributed by atoms with van der Waals surface area (Å²) in [5.41, 5.74) is 5.73. The predicted molar refractivity (Wildman–Crippen MR) is 112 cm³/mol. The van der Waals surface area contributed by atoms with E-state index in [0.717, 1.165) is 41.1 Å². The molecule has 0 bridgehead atoms. The largest absolute Gasteiger partial charge is 0.497 e. The second kappa shape index (κ2) is 7.30. The van der Waals surface area contributed by atoms with Gasteiger partial charge in [0.1, 0.15) is 5.75 Å². The van der Waals surface area contributed by atoms with Crippen molar-refractivity contribution in [1.29, 1.82) is 0 Å². The average Bonchev–Trinajstić information content (AvgIpc) is 3.12. The maximum Gasteiger partial charge on any atom is 0.242 e. The second-order valence-electron chi connectivity index (χ2n) is 7.68. The van der Waals surface area contributed by atoms with Crippen LogP contribution in [0.4, 0.5) is 5.69 Å². The Labute approximate surface area is 166 Å². The van der Waals surface area contributed by atoms with Gasteiger partial charge in [-0.15, -0.1) is 0 Å². The third-order valence-corrected chi connectivity index (χ3v) is 5.83. The van der Waals surface area contributed by atoms with Crippen LogP contribution in [0.1, 0.15) is 42.5 Å². The Hall–Kier alpha value is -2.82. The van der Waals surface area contributed by atoms with E-state index in [0.29, 0.717) is 6.42 Å². The first kappa shape index (κ1) is 18.5.